The lowest BCUT2D eigenvalue weighted by Gasteiger charge is -2.32. The van der Waals surface area contributed by atoms with Gasteiger partial charge in [-0.15, -0.1) is 11.3 Å². The van der Waals surface area contributed by atoms with Crippen LogP contribution in [0.5, 0.6) is 0 Å². The van der Waals surface area contributed by atoms with Crippen LogP contribution in [0.25, 0.3) is 0 Å². The molecule has 4 nitrogen and oxygen atoms in total. The van der Waals surface area contributed by atoms with Crippen molar-refractivity contribution in [1.29, 1.82) is 0 Å². The van der Waals surface area contributed by atoms with Crippen LogP contribution in [0.3, 0.4) is 0 Å². The molecule has 0 atom stereocenters. The zero-order chi connectivity index (χ0) is 9.26. The van der Waals surface area contributed by atoms with Crippen molar-refractivity contribution in [3.63, 3.8) is 0 Å². The molecule has 1 aliphatic carbocycles. The molecule has 0 bridgehead atoms. The SMILES string of the molecule is NC1CC(NC(=O)c2cscn2)C1. The van der Waals surface area contributed by atoms with Crippen LogP contribution in [0.15, 0.2) is 10.9 Å². The minimum atomic E-state index is -0.0850. The Balaban J connectivity index is 1.86. The maximum atomic E-state index is 11.4. The minimum Gasteiger partial charge on any atom is -0.348 e. The zero-order valence-electron chi connectivity index (χ0n) is 7.06. The molecule has 1 fully saturated rings. The quantitative estimate of drug-likeness (QED) is 0.719. The molecular weight excluding hydrogens is 186 g/mol. The van der Waals surface area contributed by atoms with E-state index in [1.807, 2.05) is 0 Å². The van der Waals surface area contributed by atoms with E-state index in [0.717, 1.165) is 12.8 Å². The summed E-state index contributed by atoms with van der Waals surface area (Å²) in [6, 6.07) is 0.518. The van der Waals surface area contributed by atoms with Crippen LogP contribution < -0.4 is 11.1 Å². The highest BCUT2D eigenvalue weighted by atomic mass is 32.1. The Kier molecular flexibility index (Phi) is 2.28. The maximum Gasteiger partial charge on any atom is 0.270 e. The molecule has 13 heavy (non-hydrogen) atoms. The van der Waals surface area contributed by atoms with Crippen molar-refractivity contribution in [2.45, 2.75) is 24.9 Å². The summed E-state index contributed by atoms with van der Waals surface area (Å²) in [6.07, 6.45) is 1.77. The standard InChI is InChI=1S/C8H11N3OS/c9-5-1-6(2-5)11-8(12)7-3-13-4-10-7/h3-6H,1-2,9H2,(H,11,12). The largest absolute Gasteiger partial charge is 0.348 e. The van der Waals surface area contributed by atoms with Gasteiger partial charge in [-0.25, -0.2) is 4.98 Å². The lowest BCUT2D eigenvalue weighted by molar-refractivity contribution is 0.0906. The third kappa shape index (κ3) is 1.87. The average molecular weight is 197 g/mol. The zero-order valence-corrected chi connectivity index (χ0v) is 7.88. The molecule has 70 valence electrons. The number of nitrogens with zero attached hydrogens (tertiary/aromatic N) is 1. The van der Waals surface area contributed by atoms with Crippen molar-refractivity contribution in [2.24, 2.45) is 5.73 Å². The van der Waals surface area contributed by atoms with E-state index in [2.05, 4.69) is 10.3 Å². The highest BCUT2D eigenvalue weighted by molar-refractivity contribution is 7.07. The van der Waals surface area contributed by atoms with Gasteiger partial charge in [0, 0.05) is 17.5 Å². The summed E-state index contributed by atoms with van der Waals surface area (Å²) in [7, 11) is 0. The van der Waals surface area contributed by atoms with Crippen LogP contribution in [-0.4, -0.2) is 23.0 Å². The predicted octanol–water partition coefficient (Wildman–Crippen LogP) is 0.363. The summed E-state index contributed by atoms with van der Waals surface area (Å²) in [6.45, 7) is 0. The third-order valence-corrected chi connectivity index (χ3v) is 2.76. The molecule has 0 spiro atoms. The van der Waals surface area contributed by atoms with E-state index in [4.69, 9.17) is 5.73 Å². The molecule has 0 radical (unpaired) electrons. The van der Waals surface area contributed by atoms with Gasteiger partial charge in [-0.1, -0.05) is 0 Å². The fourth-order valence-corrected chi connectivity index (χ4v) is 1.90. The van der Waals surface area contributed by atoms with Gasteiger partial charge in [0.05, 0.1) is 5.51 Å². The molecule has 1 aromatic heterocycles. The van der Waals surface area contributed by atoms with Crippen molar-refractivity contribution in [3.05, 3.63) is 16.6 Å². The Labute approximate surface area is 80.2 Å². The second kappa shape index (κ2) is 3.43. The summed E-state index contributed by atoms with van der Waals surface area (Å²) in [5.74, 6) is -0.0850. The first-order valence-corrected chi connectivity index (χ1v) is 5.14. The Bertz CT molecular complexity index is 292. The average Bonchev–Trinajstić information content (AvgIpc) is 2.53. The Morgan fingerprint density at radius 2 is 2.46 bits per heavy atom. The van der Waals surface area contributed by atoms with Crippen LogP contribution in [0.4, 0.5) is 0 Å². The van der Waals surface area contributed by atoms with Crippen molar-refractivity contribution in [2.75, 3.05) is 0 Å². The summed E-state index contributed by atoms with van der Waals surface area (Å²) in [4.78, 5) is 15.3. The van der Waals surface area contributed by atoms with E-state index in [1.54, 1.807) is 10.9 Å². The number of rotatable bonds is 2. The first-order valence-electron chi connectivity index (χ1n) is 4.20. The lowest BCUT2D eigenvalue weighted by atomic mass is 9.87. The molecular formula is C8H11N3OS. The predicted molar refractivity (Wildman–Crippen MR) is 50.6 cm³/mol. The third-order valence-electron chi connectivity index (χ3n) is 2.17. The second-order valence-electron chi connectivity index (χ2n) is 3.28. The second-order valence-corrected chi connectivity index (χ2v) is 3.99. The number of aromatic nitrogens is 1. The van der Waals surface area contributed by atoms with Gasteiger partial charge in [-0.05, 0) is 12.8 Å². The van der Waals surface area contributed by atoms with E-state index < -0.39 is 0 Å². The normalized spacial score (nSPS) is 26.5. The molecule has 5 heteroatoms. The number of amides is 1. The fourth-order valence-electron chi connectivity index (χ4n) is 1.36. The molecule has 0 saturated heterocycles. The van der Waals surface area contributed by atoms with Crippen LogP contribution >= 0.6 is 11.3 Å². The molecule has 0 aliphatic heterocycles. The highest BCUT2D eigenvalue weighted by Crippen LogP contribution is 2.17. The molecule has 1 aromatic rings. The van der Waals surface area contributed by atoms with Crippen molar-refractivity contribution in [3.8, 4) is 0 Å². The van der Waals surface area contributed by atoms with Crippen molar-refractivity contribution >= 4 is 17.2 Å². The fraction of sp³-hybridized carbons (Fsp3) is 0.500. The van der Waals surface area contributed by atoms with Gasteiger partial charge >= 0.3 is 0 Å². The molecule has 1 heterocycles. The molecule has 0 unspecified atom stereocenters. The molecule has 1 amide bonds. The van der Waals surface area contributed by atoms with E-state index >= 15 is 0 Å². The summed E-state index contributed by atoms with van der Waals surface area (Å²) in [5.41, 5.74) is 7.76. The number of carbonyl (C=O) groups is 1. The molecule has 2 rings (SSSR count). The first-order chi connectivity index (χ1) is 6.25. The van der Waals surface area contributed by atoms with Crippen molar-refractivity contribution < 1.29 is 4.79 Å². The van der Waals surface area contributed by atoms with Gasteiger partial charge in [-0.2, -0.15) is 0 Å². The number of nitrogens with two attached hydrogens (primary N) is 1. The Morgan fingerprint density at radius 1 is 1.69 bits per heavy atom. The van der Waals surface area contributed by atoms with Gasteiger partial charge in [0.15, 0.2) is 0 Å². The van der Waals surface area contributed by atoms with Gasteiger partial charge in [0.2, 0.25) is 0 Å². The van der Waals surface area contributed by atoms with Gasteiger partial charge in [0.1, 0.15) is 5.69 Å². The Morgan fingerprint density at radius 3 is 3.00 bits per heavy atom. The smallest absolute Gasteiger partial charge is 0.270 e. The van der Waals surface area contributed by atoms with Crippen LogP contribution in [0, 0.1) is 0 Å². The molecule has 1 saturated carbocycles. The van der Waals surface area contributed by atoms with E-state index in [-0.39, 0.29) is 18.0 Å². The summed E-state index contributed by atoms with van der Waals surface area (Å²) >= 11 is 1.42. The number of hydrogen-bond acceptors (Lipinski definition) is 4. The minimum absolute atomic E-state index is 0.0850. The van der Waals surface area contributed by atoms with Crippen LogP contribution in [0.2, 0.25) is 0 Å². The molecule has 3 N–H and O–H groups in total. The number of nitrogens with one attached hydrogen (secondary N) is 1. The van der Waals surface area contributed by atoms with Gasteiger partial charge in [-0.3, -0.25) is 4.79 Å². The van der Waals surface area contributed by atoms with Gasteiger partial charge < -0.3 is 11.1 Å². The Hall–Kier alpha value is -0.940. The first kappa shape index (κ1) is 8.65. The summed E-state index contributed by atoms with van der Waals surface area (Å²) in [5, 5.41) is 4.62. The van der Waals surface area contributed by atoms with Crippen molar-refractivity contribution in [1.82, 2.24) is 10.3 Å². The van der Waals surface area contributed by atoms with E-state index in [1.165, 1.54) is 11.3 Å². The van der Waals surface area contributed by atoms with E-state index in [0.29, 0.717) is 5.69 Å². The molecule has 1 aliphatic rings. The van der Waals surface area contributed by atoms with Gasteiger partial charge in [0.25, 0.3) is 5.91 Å². The molecule has 0 aromatic carbocycles. The number of thiazole rings is 1. The lowest BCUT2D eigenvalue weighted by Crippen LogP contribution is -2.50. The number of carbonyl (C=O) groups excluding carboxylic acids is 1. The number of hydrogen-bond donors (Lipinski definition) is 2. The van der Waals surface area contributed by atoms with E-state index in [9.17, 15) is 4.79 Å². The van der Waals surface area contributed by atoms with Crippen LogP contribution in [0.1, 0.15) is 23.3 Å². The highest BCUT2D eigenvalue weighted by Gasteiger charge is 2.27. The topological polar surface area (TPSA) is 68.0 Å². The van der Waals surface area contributed by atoms with Crippen LogP contribution in [-0.2, 0) is 0 Å². The maximum absolute atomic E-state index is 11.4. The monoisotopic (exact) mass is 197 g/mol. The summed E-state index contributed by atoms with van der Waals surface area (Å²) < 4.78 is 0.